The van der Waals surface area contributed by atoms with Crippen molar-refractivity contribution < 1.29 is 9.59 Å². The number of nitrogens with one attached hydrogen (secondary N) is 1. The standard InChI is InChI=1S/C23H23N5O2/c29-22-7-3-4-16-14-17(8-9-18(16)26-22)23(30)28-12-10-27(11-13-28)21-15-24-19-5-1-2-6-20(19)25-21/h1-2,5-6,8-9,14-15H,3-4,7,10-13H2,(H,26,29). The van der Waals surface area contributed by atoms with Crippen LogP contribution >= 0.6 is 0 Å². The Morgan fingerprint density at radius 2 is 1.77 bits per heavy atom. The van der Waals surface area contributed by atoms with Gasteiger partial charge in [0.2, 0.25) is 5.91 Å². The van der Waals surface area contributed by atoms with Gasteiger partial charge in [0.05, 0.1) is 17.2 Å². The predicted molar refractivity (Wildman–Crippen MR) is 116 cm³/mol. The second-order valence-corrected chi connectivity index (χ2v) is 7.77. The fourth-order valence-corrected chi connectivity index (χ4v) is 4.13. The summed E-state index contributed by atoms with van der Waals surface area (Å²) in [5, 5.41) is 2.92. The largest absolute Gasteiger partial charge is 0.352 e. The molecule has 1 fully saturated rings. The fraction of sp³-hybridized carbons (Fsp3) is 0.304. The second-order valence-electron chi connectivity index (χ2n) is 7.77. The summed E-state index contributed by atoms with van der Waals surface area (Å²) in [5.41, 5.74) is 4.31. The lowest BCUT2D eigenvalue weighted by molar-refractivity contribution is -0.116. The Morgan fingerprint density at radius 1 is 0.967 bits per heavy atom. The molecule has 0 radical (unpaired) electrons. The highest BCUT2D eigenvalue weighted by Crippen LogP contribution is 2.24. The van der Waals surface area contributed by atoms with Crippen molar-refractivity contribution in [3.8, 4) is 0 Å². The zero-order valence-corrected chi connectivity index (χ0v) is 16.7. The summed E-state index contributed by atoms with van der Waals surface area (Å²) in [6.07, 6.45) is 3.95. The van der Waals surface area contributed by atoms with Crippen LogP contribution in [0.25, 0.3) is 11.0 Å². The van der Waals surface area contributed by atoms with Gasteiger partial charge in [0.15, 0.2) is 0 Å². The summed E-state index contributed by atoms with van der Waals surface area (Å²) in [6, 6.07) is 13.4. The van der Waals surface area contributed by atoms with Crippen LogP contribution in [-0.4, -0.2) is 52.9 Å². The third kappa shape index (κ3) is 3.58. The number of aromatic nitrogens is 2. The topological polar surface area (TPSA) is 78.4 Å². The van der Waals surface area contributed by atoms with Crippen LogP contribution in [0.3, 0.4) is 0 Å². The first-order valence-corrected chi connectivity index (χ1v) is 10.4. The van der Waals surface area contributed by atoms with Gasteiger partial charge >= 0.3 is 0 Å². The third-order valence-corrected chi connectivity index (χ3v) is 5.80. The van der Waals surface area contributed by atoms with E-state index in [-0.39, 0.29) is 11.8 Å². The molecule has 0 bridgehead atoms. The molecule has 2 aliphatic heterocycles. The second kappa shape index (κ2) is 7.74. The van der Waals surface area contributed by atoms with Crippen LogP contribution in [0.1, 0.15) is 28.8 Å². The quantitative estimate of drug-likeness (QED) is 0.714. The molecule has 3 aromatic rings. The van der Waals surface area contributed by atoms with Gasteiger partial charge in [-0.05, 0) is 48.7 Å². The lowest BCUT2D eigenvalue weighted by Gasteiger charge is -2.35. The minimum Gasteiger partial charge on any atom is -0.352 e. The Labute approximate surface area is 174 Å². The van der Waals surface area contributed by atoms with Crippen molar-refractivity contribution in [3.05, 3.63) is 59.8 Å². The molecule has 7 heteroatoms. The van der Waals surface area contributed by atoms with Crippen LogP contribution in [0.15, 0.2) is 48.7 Å². The molecule has 1 saturated heterocycles. The predicted octanol–water partition coefficient (Wildman–Crippen LogP) is 2.87. The summed E-state index contributed by atoms with van der Waals surface area (Å²) < 4.78 is 0. The number of amides is 2. The fourth-order valence-electron chi connectivity index (χ4n) is 4.13. The molecule has 2 aliphatic rings. The molecule has 152 valence electrons. The van der Waals surface area contributed by atoms with Gasteiger partial charge in [-0.25, -0.2) is 4.98 Å². The number of carbonyl (C=O) groups is 2. The van der Waals surface area contributed by atoms with E-state index < -0.39 is 0 Å². The lowest BCUT2D eigenvalue weighted by atomic mass is 10.0. The minimum atomic E-state index is 0.0395. The molecular weight excluding hydrogens is 378 g/mol. The number of piperazine rings is 1. The van der Waals surface area contributed by atoms with Crippen molar-refractivity contribution in [1.29, 1.82) is 0 Å². The molecule has 7 nitrogen and oxygen atoms in total. The van der Waals surface area contributed by atoms with Crippen molar-refractivity contribution in [2.75, 3.05) is 36.4 Å². The molecular formula is C23H23N5O2. The van der Waals surface area contributed by atoms with Gasteiger partial charge in [-0.15, -0.1) is 0 Å². The van der Waals surface area contributed by atoms with Gasteiger partial charge < -0.3 is 15.1 Å². The van der Waals surface area contributed by atoms with Crippen LogP contribution in [0.5, 0.6) is 0 Å². The first-order valence-electron chi connectivity index (χ1n) is 10.4. The van der Waals surface area contributed by atoms with E-state index in [4.69, 9.17) is 4.98 Å². The number of hydrogen-bond acceptors (Lipinski definition) is 5. The zero-order valence-electron chi connectivity index (χ0n) is 16.7. The number of para-hydroxylation sites is 2. The minimum absolute atomic E-state index is 0.0395. The Hall–Kier alpha value is -3.48. The number of rotatable bonds is 2. The van der Waals surface area contributed by atoms with Crippen molar-refractivity contribution in [1.82, 2.24) is 14.9 Å². The number of aryl methyl sites for hydroxylation is 1. The summed E-state index contributed by atoms with van der Waals surface area (Å²) in [7, 11) is 0. The van der Waals surface area contributed by atoms with Crippen LogP contribution in [0.4, 0.5) is 11.5 Å². The van der Waals surface area contributed by atoms with Crippen LogP contribution < -0.4 is 10.2 Å². The van der Waals surface area contributed by atoms with E-state index in [1.54, 1.807) is 6.20 Å². The molecule has 0 saturated carbocycles. The van der Waals surface area contributed by atoms with E-state index in [1.165, 1.54) is 0 Å². The van der Waals surface area contributed by atoms with Gasteiger partial charge in [-0.2, -0.15) is 0 Å². The van der Waals surface area contributed by atoms with Crippen LogP contribution in [0, 0.1) is 0 Å². The van der Waals surface area contributed by atoms with E-state index in [0.717, 1.165) is 54.0 Å². The van der Waals surface area contributed by atoms with E-state index in [9.17, 15) is 9.59 Å². The smallest absolute Gasteiger partial charge is 0.253 e. The number of carbonyl (C=O) groups excluding carboxylic acids is 2. The lowest BCUT2D eigenvalue weighted by Crippen LogP contribution is -2.49. The first kappa shape index (κ1) is 18.5. The molecule has 0 spiro atoms. The molecule has 2 aromatic carbocycles. The monoisotopic (exact) mass is 401 g/mol. The van der Waals surface area contributed by atoms with Crippen molar-refractivity contribution in [2.24, 2.45) is 0 Å². The number of nitrogens with zero attached hydrogens (tertiary/aromatic N) is 4. The number of benzene rings is 2. The van der Waals surface area contributed by atoms with Gasteiger partial charge in [0.1, 0.15) is 5.82 Å². The van der Waals surface area contributed by atoms with E-state index in [1.807, 2.05) is 47.4 Å². The maximum atomic E-state index is 13.0. The van der Waals surface area contributed by atoms with Crippen molar-refractivity contribution in [3.63, 3.8) is 0 Å². The Balaban J connectivity index is 1.27. The molecule has 0 unspecified atom stereocenters. The van der Waals surface area contributed by atoms with Gasteiger partial charge in [-0.1, -0.05) is 12.1 Å². The summed E-state index contributed by atoms with van der Waals surface area (Å²) in [5.74, 6) is 0.930. The molecule has 2 amide bonds. The van der Waals surface area contributed by atoms with Crippen molar-refractivity contribution >= 4 is 34.4 Å². The van der Waals surface area contributed by atoms with Crippen LogP contribution in [0.2, 0.25) is 0 Å². The van der Waals surface area contributed by atoms with Gasteiger partial charge in [0, 0.05) is 43.9 Å². The van der Waals surface area contributed by atoms with Crippen molar-refractivity contribution in [2.45, 2.75) is 19.3 Å². The normalized spacial score (nSPS) is 16.7. The SMILES string of the molecule is O=C1CCCc2cc(C(=O)N3CCN(c4cnc5ccccc5n4)CC3)ccc2N1. The molecule has 1 aromatic heterocycles. The third-order valence-electron chi connectivity index (χ3n) is 5.80. The highest BCUT2D eigenvalue weighted by molar-refractivity contribution is 5.97. The summed E-state index contributed by atoms with van der Waals surface area (Å²) in [6.45, 7) is 2.72. The molecule has 3 heterocycles. The van der Waals surface area contributed by atoms with Gasteiger partial charge in [-0.3, -0.25) is 14.6 Å². The first-order chi connectivity index (χ1) is 14.7. The average molecular weight is 401 g/mol. The highest BCUT2D eigenvalue weighted by Gasteiger charge is 2.24. The molecule has 0 atom stereocenters. The Kier molecular flexibility index (Phi) is 4.78. The maximum absolute atomic E-state index is 13.0. The van der Waals surface area contributed by atoms with Crippen LogP contribution in [-0.2, 0) is 11.2 Å². The molecule has 1 N–H and O–H groups in total. The summed E-state index contributed by atoms with van der Waals surface area (Å²) in [4.78, 5) is 38.1. The number of anilines is 2. The zero-order chi connectivity index (χ0) is 20.5. The number of fused-ring (bicyclic) bond motifs is 2. The van der Waals surface area contributed by atoms with E-state index in [2.05, 4.69) is 15.2 Å². The summed E-state index contributed by atoms with van der Waals surface area (Å²) >= 11 is 0. The molecule has 5 rings (SSSR count). The number of hydrogen-bond donors (Lipinski definition) is 1. The highest BCUT2D eigenvalue weighted by atomic mass is 16.2. The van der Waals surface area contributed by atoms with Gasteiger partial charge in [0.25, 0.3) is 5.91 Å². The average Bonchev–Trinajstić information content (AvgIpc) is 2.98. The Morgan fingerprint density at radius 3 is 2.60 bits per heavy atom. The van der Waals surface area contributed by atoms with E-state index >= 15 is 0 Å². The molecule has 0 aliphatic carbocycles. The maximum Gasteiger partial charge on any atom is 0.253 e. The Bertz CT molecular complexity index is 1120. The molecule has 30 heavy (non-hydrogen) atoms. The van der Waals surface area contributed by atoms with E-state index in [0.29, 0.717) is 25.1 Å².